The van der Waals surface area contributed by atoms with Crippen LogP contribution in [0.25, 0.3) is 0 Å². The summed E-state index contributed by atoms with van der Waals surface area (Å²) in [5.74, 6) is -0.0843. The highest BCUT2D eigenvalue weighted by Gasteiger charge is 2.11. The average molecular weight is 440 g/mol. The third-order valence-corrected chi connectivity index (χ3v) is 6.55. The predicted molar refractivity (Wildman–Crippen MR) is 137 cm³/mol. The van der Waals surface area contributed by atoms with Crippen molar-refractivity contribution in [1.82, 2.24) is 4.90 Å². The summed E-state index contributed by atoms with van der Waals surface area (Å²) in [6.45, 7) is 5.86. The van der Waals surface area contributed by atoms with E-state index in [1.165, 1.54) is 128 Å². The molecule has 1 amide bonds. The first kappa shape index (κ1) is 30.4. The van der Waals surface area contributed by atoms with E-state index in [1.54, 1.807) is 0 Å². The first-order valence-corrected chi connectivity index (χ1v) is 14.1. The molecule has 0 spiro atoms. The lowest BCUT2D eigenvalue weighted by atomic mass is 10.1. The van der Waals surface area contributed by atoms with Crippen molar-refractivity contribution in [3.05, 3.63) is 0 Å². The second-order valence-corrected chi connectivity index (χ2v) is 9.61. The van der Waals surface area contributed by atoms with E-state index in [4.69, 9.17) is 0 Å². The Bertz CT molecular complexity index is 359. The summed E-state index contributed by atoms with van der Waals surface area (Å²) in [6, 6.07) is 0. The minimum absolute atomic E-state index is 0.0843. The molecule has 0 aliphatic rings. The van der Waals surface area contributed by atoms with Crippen molar-refractivity contribution in [2.45, 2.75) is 155 Å². The van der Waals surface area contributed by atoms with Gasteiger partial charge in [0.2, 0.25) is 5.91 Å². The van der Waals surface area contributed by atoms with Gasteiger partial charge in [-0.05, 0) is 12.8 Å². The highest BCUT2D eigenvalue weighted by Crippen LogP contribution is 2.13. The molecule has 0 unspecified atom stereocenters. The van der Waals surface area contributed by atoms with Gasteiger partial charge in [0.15, 0.2) is 0 Å². The Morgan fingerprint density at radius 3 is 1.00 bits per heavy atom. The molecule has 0 aliphatic heterocycles. The van der Waals surface area contributed by atoms with Crippen LogP contribution in [0.5, 0.6) is 0 Å². The normalized spacial score (nSPS) is 11.2. The highest BCUT2D eigenvalue weighted by molar-refractivity contribution is 5.77. The minimum Gasteiger partial charge on any atom is -0.387 e. The van der Waals surface area contributed by atoms with E-state index < -0.39 is 0 Å². The molecule has 0 fully saturated rings. The lowest BCUT2D eigenvalue weighted by molar-refractivity contribution is -0.134. The monoisotopic (exact) mass is 439 g/mol. The largest absolute Gasteiger partial charge is 0.387 e. The molecule has 0 bridgehead atoms. The zero-order valence-corrected chi connectivity index (χ0v) is 21.5. The zero-order valence-electron chi connectivity index (χ0n) is 21.5. The number of aliphatic hydroxyl groups is 1. The number of nitrogens with zero attached hydrogens (tertiary/aromatic N) is 1. The lowest BCUT2D eigenvalue weighted by Crippen LogP contribution is -2.35. The van der Waals surface area contributed by atoms with Gasteiger partial charge in [-0.25, -0.2) is 0 Å². The molecule has 0 radical (unpaired) electrons. The van der Waals surface area contributed by atoms with Gasteiger partial charge in [0.25, 0.3) is 0 Å². The number of rotatable bonds is 25. The van der Waals surface area contributed by atoms with E-state index >= 15 is 0 Å². The fourth-order valence-electron chi connectivity index (χ4n) is 4.39. The van der Waals surface area contributed by atoms with Gasteiger partial charge in [-0.15, -0.1) is 0 Å². The number of amides is 1. The van der Waals surface area contributed by atoms with Gasteiger partial charge in [-0.3, -0.25) is 4.79 Å². The van der Waals surface area contributed by atoms with Crippen LogP contribution < -0.4 is 0 Å². The van der Waals surface area contributed by atoms with E-state index in [2.05, 4.69) is 13.8 Å². The van der Waals surface area contributed by atoms with Gasteiger partial charge in [0, 0.05) is 13.1 Å². The van der Waals surface area contributed by atoms with E-state index in [0.717, 1.165) is 25.9 Å². The molecule has 0 saturated carbocycles. The van der Waals surface area contributed by atoms with Gasteiger partial charge in [-0.2, -0.15) is 0 Å². The molecule has 0 aromatic heterocycles. The number of aliphatic hydroxyl groups excluding tert-OH is 1. The molecular weight excluding hydrogens is 382 g/mol. The average Bonchev–Trinajstić information content (AvgIpc) is 2.79. The first-order chi connectivity index (χ1) is 15.3. The highest BCUT2D eigenvalue weighted by atomic mass is 16.3. The maximum absolute atomic E-state index is 12.0. The van der Waals surface area contributed by atoms with Crippen LogP contribution in [0.3, 0.4) is 0 Å². The van der Waals surface area contributed by atoms with E-state index in [1.807, 2.05) is 4.90 Å². The Kier molecular flexibility index (Phi) is 25.2. The topological polar surface area (TPSA) is 40.5 Å². The van der Waals surface area contributed by atoms with Gasteiger partial charge in [0.1, 0.15) is 6.61 Å². The molecule has 0 atom stereocenters. The fourth-order valence-corrected chi connectivity index (χ4v) is 4.39. The van der Waals surface area contributed by atoms with Crippen LogP contribution >= 0.6 is 0 Å². The first-order valence-electron chi connectivity index (χ1n) is 14.1. The van der Waals surface area contributed by atoms with Crippen LogP contribution in [0.1, 0.15) is 155 Å². The molecule has 0 saturated heterocycles. The van der Waals surface area contributed by atoms with Crippen molar-refractivity contribution in [3.8, 4) is 0 Å². The molecule has 0 aromatic carbocycles. The second-order valence-electron chi connectivity index (χ2n) is 9.61. The molecular formula is C28H57NO2. The van der Waals surface area contributed by atoms with Crippen LogP contribution in [0.15, 0.2) is 0 Å². The predicted octanol–water partition coefficient (Wildman–Crippen LogP) is 8.43. The summed E-state index contributed by atoms with van der Waals surface area (Å²) in [7, 11) is 0. The molecule has 31 heavy (non-hydrogen) atoms. The Hall–Kier alpha value is -0.570. The molecule has 0 rings (SSSR count). The van der Waals surface area contributed by atoms with Crippen molar-refractivity contribution in [2.24, 2.45) is 0 Å². The van der Waals surface area contributed by atoms with Crippen molar-refractivity contribution in [2.75, 3.05) is 19.7 Å². The Morgan fingerprint density at radius 2 is 0.742 bits per heavy atom. The lowest BCUT2D eigenvalue weighted by Gasteiger charge is -2.22. The van der Waals surface area contributed by atoms with E-state index in [9.17, 15) is 9.90 Å². The number of unbranched alkanes of at least 4 members (excludes halogenated alkanes) is 20. The minimum atomic E-state index is -0.337. The molecule has 1 N–H and O–H groups in total. The molecule has 3 heteroatoms. The summed E-state index contributed by atoms with van der Waals surface area (Å²) in [5.41, 5.74) is 0. The maximum Gasteiger partial charge on any atom is 0.248 e. The van der Waals surface area contributed by atoms with Gasteiger partial charge in [0.05, 0.1) is 0 Å². The van der Waals surface area contributed by atoms with Crippen molar-refractivity contribution < 1.29 is 9.90 Å². The fraction of sp³-hybridized carbons (Fsp3) is 0.964. The van der Waals surface area contributed by atoms with Crippen molar-refractivity contribution >= 4 is 5.91 Å². The number of carbonyl (C=O) groups excluding carboxylic acids is 1. The molecule has 3 nitrogen and oxygen atoms in total. The maximum atomic E-state index is 12.0. The van der Waals surface area contributed by atoms with Crippen LogP contribution in [-0.2, 0) is 4.79 Å². The van der Waals surface area contributed by atoms with Crippen molar-refractivity contribution in [1.29, 1.82) is 0 Å². The molecule has 0 aromatic rings. The van der Waals surface area contributed by atoms with Crippen LogP contribution in [0.2, 0.25) is 0 Å². The van der Waals surface area contributed by atoms with Gasteiger partial charge < -0.3 is 10.0 Å². The molecule has 0 aliphatic carbocycles. The van der Waals surface area contributed by atoms with E-state index in [-0.39, 0.29) is 12.5 Å². The number of hydrogen-bond acceptors (Lipinski definition) is 2. The Morgan fingerprint density at radius 1 is 0.484 bits per heavy atom. The number of carbonyl (C=O) groups is 1. The van der Waals surface area contributed by atoms with Crippen LogP contribution in [-0.4, -0.2) is 35.6 Å². The second kappa shape index (κ2) is 25.7. The summed E-state index contributed by atoms with van der Waals surface area (Å²) in [4.78, 5) is 13.9. The summed E-state index contributed by atoms with van der Waals surface area (Å²) in [5, 5.41) is 9.27. The summed E-state index contributed by atoms with van der Waals surface area (Å²) in [6.07, 6.45) is 29.2. The Labute approximate surface area is 195 Å². The molecule has 0 heterocycles. The van der Waals surface area contributed by atoms with Gasteiger partial charge in [-0.1, -0.05) is 142 Å². The zero-order chi connectivity index (χ0) is 22.8. The Balaban J connectivity index is 3.56. The standard InChI is InChI=1S/C28H57NO2/c1-3-5-7-9-11-13-15-16-18-20-22-24-26-29(28(31)27-30)25-23-21-19-17-14-12-10-8-6-4-2/h30H,3-27H2,1-2H3. The van der Waals surface area contributed by atoms with Crippen molar-refractivity contribution in [3.63, 3.8) is 0 Å². The molecule has 186 valence electrons. The smallest absolute Gasteiger partial charge is 0.248 e. The van der Waals surface area contributed by atoms with Crippen LogP contribution in [0, 0.1) is 0 Å². The van der Waals surface area contributed by atoms with E-state index in [0.29, 0.717) is 0 Å². The third kappa shape index (κ3) is 22.4. The van der Waals surface area contributed by atoms with Gasteiger partial charge >= 0.3 is 0 Å². The summed E-state index contributed by atoms with van der Waals surface area (Å²) >= 11 is 0. The third-order valence-electron chi connectivity index (χ3n) is 6.55. The quantitative estimate of drug-likeness (QED) is 0.145. The SMILES string of the molecule is CCCCCCCCCCCCCCN(CCCCCCCCCCCC)C(=O)CO. The number of hydrogen-bond donors (Lipinski definition) is 1. The summed E-state index contributed by atoms with van der Waals surface area (Å²) < 4.78 is 0. The van der Waals surface area contributed by atoms with Crippen LogP contribution in [0.4, 0.5) is 0 Å².